The number of likely N-dealkylation sites (tertiary alicyclic amines) is 1. The fraction of sp³-hybridized carbons (Fsp3) is 0.500. The van der Waals surface area contributed by atoms with Gasteiger partial charge >= 0.3 is 0 Å². The van der Waals surface area contributed by atoms with E-state index in [2.05, 4.69) is 26.4 Å². The first-order chi connectivity index (χ1) is 23.3. The average Bonchev–Trinajstić information content (AvgIpc) is 3.66. The molecule has 4 amide bonds. The molecule has 4 atom stereocenters. The smallest absolute Gasteiger partial charge is 0.289 e. The van der Waals surface area contributed by atoms with E-state index in [0.29, 0.717) is 23.6 Å². The van der Waals surface area contributed by atoms with Gasteiger partial charge in [-0.2, -0.15) is 0 Å². The highest BCUT2D eigenvalue weighted by atomic mass is 35.5. The van der Waals surface area contributed by atoms with Crippen molar-refractivity contribution in [1.82, 2.24) is 31.3 Å². The van der Waals surface area contributed by atoms with Crippen LogP contribution < -0.4 is 21.4 Å². The Kier molecular flexibility index (Phi) is 11.1. The fourth-order valence-corrected chi connectivity index (χ4v) is 6.33. The number of Topliss-reactive ketones (excluding diaryl/α,β-unsaturated/α-hetero) is 1. The maximum atomic E-state index is 14.5. The molecule has 0 radical (unpaired) electrons. The van der Waals surface area contributed by atoms with E-state index in [0.717, 1.165) is 24.0 Å². The quantitative estimate of drug-likeness (QED) is 0.233. The van der Waals surface area contributed by atoms with E-state index in [1.54, 1.807) is 36.7 Å². The van der Waals surface area contributed by atoms with E-state index in [9.17, 15) is 24.0 Å². The number of hydroxylamine groups is 1. The average molecular weight is 693 g/mol. The molecule has 1 aromatic carbocycles. The van der Waals surface area contributed by atoms with Gasteiger partial charge in [-0.05, 0) is 60.9 Å². The zero-order chi connectivity index (χ0) is 35.3. The molecule has 49 heavy (non-hydrogen) atoms. The molecule has 5 rings (SSSR count). The Morgan fingerprint density at radius 3 is 2.55 bits per heavy atom. The molecule has 1 aliphatic carbocycles. The van der Waals surface area contributed by atoms with Gasteiger partial charge < -0.3 is 20.9 Å². The molecule has 1 aromatic heterocycles. The molecule has 3 heterocycles. The summed E-state index contributed by atoms with van der Waals surface area (Å²) >= 11 is 6.24. The van der Waals surface area contributed by atoms with E-state index >= 15 is 0 Å². The minimum atomic E-state index is -1.10. The summed E-state index contributed by atoms with van der Waals surface area (Å²) in [7, 11) is 0. The van der Waals surface area contributed by atoms with Crippen LogP contribution in [-0.2, 0) is 35.2 Å². The first kappa shape index (κ1) is 36.0. The highest BCUT2D eigenvalue weighted by Gasteiger charge is 2.54. The molecule has 0 bridgehead atoms. The summed E-state index contributed by atoms with van der Waals surface area (Å²) in [5, 5.41) is 8.94. The molecular weight excluding hydrogens is 648 g/mol. The summed E-state index contributed by atoms with van der Waals surface area (Å²) in [5.41, 5.74) is 3.40. The summed E-state index contributed by atoms with van der Waals surface area (Å²) in [4.78, 5) is 79.3. The zero-order valence-corrected chi connectivity index (χ0v) is 29.1. The molecule has 2 fully saturated rings. The molecule has 1 saturated heterocycles. The molecule has 3 aliphatic rings. The van der Waals surface area contributed by atoms with Gasteiger partial charge in [0.05, 0.1) is 18.3 Å². The summed E-state index contributed by atoms with van der Waals surface area (Å²) in [6.45, 7) is 7.38. The molecule has 1 spiro atoms. The summed E-state index contributed by atoms with van der Waals surface area (Å²) in [6.07, 6.45) is 8.27. The van der Waals surface area contributed by atoms with E-state index < -0.39 is 52.6 Å². The first-order valence-corrected chi connectivity index (χ1v) is 17.2. The minimum absolute atomic E-state index is 0.00627. The van der Waals surface area contributed by atoms with Crippen molar-refractivity contribution < 1.29 is 28.8 Å². The Balaban J connectivity index is 1.40. The summed E-state index contributed by atoms with van der Waals surface area (Å²) < 4.78 is 0. The van der Waals surface area contributed by atoms with Gasteiger partial charge in [0.1, 0.15) is 17.7 Å². The Hall–Kier alpha value is -4.29. The van der Waals surface area contributed by atoms with Crippen molar-refractivity contribution in [3.05, 3.63) is 71.0 Å². The zero-order valence-electron chi connectivity index (χ0n) is 28.4. The number of hydrogen-bond acceptors (Lipinski definition) is 8. The molecule has 2 aromatic rings. The molecule has 12 nitrogen and oxygen atoms in total. The summed E-state index contributed by atoms with van der Waals surface area (Å²) in [5.74, 6) is -2.80. The Morgan fingerprint density at radius 1 is 1.12 bits per heavy atom. The second-order valence-corrected chi connectivity index (χ2v) is 14.6. The third-order valence-corrected chi connectivity index (χ3v) is 9.21. The number of pyridine rings is 1. The van der Waals surface area contributed by atoms with Gasteiger partial charge in [-0.15, -0.1) is 0 Å². The number of rotatable bonds is 13. The van der Waals surface area contributed by atoms with Gasteiger partial charge in [-0.25, -0.2) is 0 Å². The van der Waals surface area contributed by atoms with Crippen molar-refractivity contribution in [2.75, 3.05) is 6.54 Å². The maximum absolute atomic E-state index is 14.5. The van der Waals surface area contributed by atoms with Crippen LogP contribution in [0.25, 0.3) is 5.70 Å². The standard InChI is InChI=1S/C36H45ClN6O6/c1-5-8-26(30(45)33(47)39-25-13-14-25)40-32(46)28-19-36(18-27(42-49-36)23-10-6-11-24(37)17-23)21-43(28)34(48)31(35(2,3)4)41-29(44)15-12-22-9-7-16-38-20-22/h6-7,9-11,16-18,20,25-26,28,31,42H,5,8,12-15,19,21H2,1-4H3,(H,39,47)(H,40,46)(H,41,44)/t26-,28-,31+,36+/m0/s1. The van der Waals surface area contributed by atoms with E-state index in [1.165, 1.54) is 4.90 Å². The number of aryl methyl sites for hydroxylation is 1. The van der Waals surface area contributed by atoms with Crippen LogP contribution in [0.2, 0.25) is 5.02 Å². The number of nitrogens with zero attached hydrogens (tertiary/aromatic N) is 2. The van der Waals surface area contributed by atoms with Crippen molar-refractivity contribution >= 4 is 46.7 Å². The monoisotopic (exact) mass is 692 g/mol. The molecular formula is C36H45ClN6O6. The van der Waals surface area contributed by atoms with Crippen molar-refractivity contribution in [3.8, 4) is 0 Å². The van der Waals surface area contributed by atoms with Crippen molar-refractivity contribution in [2.24, 2.45) is 5.41 Å². The third-order valence-electron chi connectivity index (χ3n) is 8.97. The topological polar surface area (TPSA) is 159 Å². The number of amides is 4. The molecule has 1 saturated carbocycles. The number of carbonyl (C=O) groups is 5. The van der Waals surface area contributed by atoms with Crippen LogP contribution in [0.3, 0.4) is 0 Å². The molecule has 0 unspecified atom stereocenters. The lowest BCUT2D eigenvalue weighted by Gasteiger charge is -2.35. The van der Waals surface area contributed by atoms with E-state index in [4.69, 9.17) is 16.4 Å². The number of hydrogen-bond donors (Lipinski definition) is 4. The third kappa shape index (κ3) is 9.04. The van der Waals surface area contributed by atoms with E-state index in [1.807, 2.05) is 45.9 Å². The number of carbonyl (C=O) groups excluding carboxylic acids is 5. The summed E-state index contributed by atoms with van der Waals surface area (Å²) in [6, 6.07) is 7.75. The fourth-order valence-electron chi connectivity index (χ4n) is 6.14. The van der Waals surface area contributed by atoms with Crippen LogP contribution in [0.1, 0.15) is 77.3 Å². The predicted octanol–water partition coefficient (Wildman–Crippen LogP) is 3.25. The number of ketones is 1. The van der Waals surface area contributed by atoms with Gasteiger partial charge in [0.25, 0.3) is 5.91 Å². The van der Waals surface area contributed by atoms with Crippen molar-refractivity contribution in [3.63, 3.8) is 0 Å². The molecule has 2 aliphatic heterocycles. The maximum Gasteiger partial charge on any atom is 0.289 e. The van der Waals surface area contributed by atoms with Crippen LogP contribution >= 0.6 is 11.6 Å². The lowest BCUT2D eigenvalue weighted by atomic mass is 9.85. The minimum Gasteiger partial charge on any atom is -0.347 e. The molecule has 4 N–H and O–H groups in total. The normalized spacial score (nSPS) is 21.4. The van der Waals surface area contributed by atoms with E-state index in [-0.39, 0.29) is 37.8 Å². The highest BCUT2D eigenvalue weighted by Crippen LogP contribution is 2.39. The van der Waals surface area contributed by atoms with Crippen LogP contribution in [0, 0.1) is 5.41 Å². The van der Waals surface area contributed by atoms with Crippen molar-refractivity contribution in [2.45, 2.75) is 102 Å². The number of aromatic nitrogens is 1. The number of benzene rings is 1. The SMILES string of the molecule is CCC[C@H](NC(=O)[C@@H]1C[C@]2(C=C(c3cccc(Cl)c3)NO2)CN1C(=O)[C@@H](NC(=O)CCc1cccnc1)C(C)(C)C)C(=O)C(=O)NC1CC1. The molecule has 13 heteroatoms. The highest BCUT2D eigenvalue weighted by molar-refractivity contribution is 6.38. The van der Waals surface area contributed by atoms with Crippen LogP contribution in [0.5, 0.6) is 0 Å². The van der Waals surface area contributed by atoms with Gasteiger partial charge in [-0.3, -0.25) is 39.3 Å². The number of halogens is 1. The molecule has 262 valence electrons. The lowest BCUT2D eigenvalue weighted by molar-refractivity contribution is -0.145. The predicted molar refractivity (Wildman–Crippen MR) is 183 cm³/mol. The van der Waals surface area contributed by atoms with Crippen molar-refractivity contribution in [1.29, 1.82) is 0 Å². The van der Waals surface area contributed by atoms with Gasteiger partial charge in [0.15, 0.2) is 0 Å². The van der Waals surface area contributed by atoms with Gasteiger partial charge in [0.2, 0.25) is 23.5 Å². The second kappa shape index (κ2) is 15.1. The Morgan fingerprint density at radius 2 is 1.90 bits per heavy atom. The van der Waals surface area contributed by atoms with Gasteiger partial charge in [-0.1, -0.05) is 63.9 Å². The van der Waals surface area contributed by atoms with Crippen LogP contribution in [0.15, 0.2) is 54.9 Å². The van der Waals surface area contributed by atoms with Crippen LogP contribution in [-0.4, -0.2) is 75.6 Å². The Labute approximate surface area is 291 Å². The van der Waals surface area contributed by atoms with Gasteiger partial charge in [0, 0.05) is 41.9 Å². The largest absolute Gasteiger partial charge is 0.347 e. The first-order valence-electron chi connectivity index (χ1n) is 16.9. The Bertz CT molecular complexity index is 1610. The lowest BCUT2D eigenvalue weighted by Crippen LogP contribution is -2.59. The second-order valence-electron chi connectivity index (χ2n) is 14.2. The number of nitrogens with one attached hydrogen (secondary N) is 4. The van der Waals surface area contributed by atoms with Crippen LogP contribution in [0.4, 0.5) is 0 Å².